The molecule has 1 saturated carbocycles. The summed E-state index contributed by atoms with van der Waals surface area (Å²) in [5, 5.41) is 3.39. The van der Waals surface area contributed by atoms with Gasteiger partial charge in [-0.2, -0.15) is 0 Å². The molecule has 2 aliphatic rings. The van der Waals surface area contributed by atoms with E-state index >= 15 is 0 Å². The molecule has 1 aliphatic heterocycles. The van der Waals surface area contributed by atoms with Crippen molar-refractivity contribution < 1.29 is 0 Å². The van der Waals surface area contributed by atoms with Gasteiger partial charge in [0.05, 0.1) is 5.39 Å². The summed E-state index contributed by atoms with van der Waals surface area (Å²) in [6.45, 7) is 4.52. The predicted molar refractivity (Wildman–Crippen MR) is 84.5 cm³/mol. The Morgan fingerprint density at radius 1 is 1.25 bits per heavy atom. The quantitative estimate of drug-likeness (QED) is 0.835. The number of anilines is 1. The van der Waals surface area contributed by atoms with Gasteiger partial charge in [0.15, 0.2) is 0 Å². The predicted octanol–water partition coefficient (Wildman–Crippen LogP) is 4.02. The fraction of sp³-hybridized carbons (Fsp3) is 0.625. The minimum absolute atomic E-state index is 0.597. The molecule has 20 heavy (non-hydrogen) atoms. The molecule has 2 aromatic rings. The van der Waals surface area contributed by atoms with Gasteiger partial charge < -0.3 is 4.90 Å². The molecular formula is C16H21N3S. The fourth-order valence-corrected chi connectivity index (χ4v) is 4.71. The van der Waals surface area contributed by atoms with Gasteiger partial charge in [0.25, 0.3) is 0 Å². The molecule has 2 aromatic heterocycles. The Labute approximate surface area is 124 Å². The van der Waals surface area contributed by atoms with Crippen LogP contribution < -0.4 is 4.90 Å². The SMILES string of the molecule is CCc1nc(N2CCC3(CCCC3)C2)c2ccsc2n1. The summed E-state index contributed by atoms with van der Waals surface area (Å²) in [5.74, 6) is 2.18. The van der Waals surface area contributed by atoms with Gasteiger partial charge in [-0.3, -0.25) is 0 Å². The van der Waals surface area contributed by atoms with Crippen molar-refractivity contribution in [2.45, 2.75) is 45.4 Å². The third kappa shape index (κ3) is 1.93. The lowest BCUT2D eigenvalue weighted by Gasteiger charge is -2.24. The summed E-state index contributed by atoms with van der Waals surface area (Å²) in [6, 6.07) is 2.19. The Morgan fingerprint density at radius 3 is 2.90 bits per heavy atom. The van der Waals surface area contributed by atoms with Gasteiger partial charge in [-0.05, 0) is 36.1 Å². The largest absolute Gasteiger partial charge is 0.355 e. The molecule has 4 rings (SSSR count). The zero-order chi connectivity index (χ0) is 13.6. The maximum absolute atomic E-state index is 4.85. The highest BCUT2D eigenvalue weighted by molar-refractivity contribution is 7.16. The lowest BCUT2D eigenvalue weighted by Crippen LogP contribution is -2.26. The van der Waals surface area contributed by atoms with Crippen LogP contribution in [-0.2, 0) is 6.42 Å². The second-order valence-electron chi connectivity index (χ2n) is 6.34. The van der Waals surface area contributed by atoms with Crippen molar-refractivity contribution in [3.63, 3.8) is 0 Å². The van der Waals surface area contributed by atoms with E-state index in [1.165, 1.54) is 56.4 Å². The second-order valence-corrected chi connectivity index (χ2v) is 7.23. The van der Waals surface area contributed by atoms with Crippen molar-refractivity contribution in [3.8, 4) is 0 Å². The number of fused-ring (bicyclic) bond motifs is 1. The Balaban J connectivity index is 1.73. The molecule has 1 spiro atoms. The highest BCUT2D eigenvalue weighted by Crippen LogP contribution is 2.46. The maximum Gasteiger partial charge on any atom is 0.141 e. The molecule has 4 heteroatoms. The van der Waals surface area contributed by atoms with Gasteiger partial charge >= 0.3 is 0 Å². The number of thiophene rings is 1. The minimum Gasteiger partial charge on any atom is -0.355 e. The first kappa shape index (κ1) is 12.6. The van der Waals surface area contributed by atoms with Crippen LogP contribution in [0, 0.1) is 5.41 Å². The second kappa shape index (κ2) is 4.69. The monoisotopic (exact) mass is 287 g/mol. The number of nitrogens with zero attached hydrogens (tertiary/aromatic N) is 3. The van der Waals surface area contributed by atoms with E-state index in [1.807, 2.05) is 0 Å². The highest BCUT2D eigenvalue weighted by atomic mass is 32.1. The van der Waals surface area contributed by atoms with Gasteiger partial charge in [0.2, 0.25) is 0 Å². The third-order valence-electron chi connectivity index (χ3n) is 5.07. The number of aromatic nitrogens is 2. The van der Waals surface area contributed by atoms with E-state index in [1.54, 1.807) is 11.3 Å². The van der Waals surface area contributed by atoms with Crippen molar-refractivity contribution in [2.24, 2.45) is 5.41 Å². The molecule has 0 bridgehead atoms. The van der Waals surface area contributed by atoms with Gasteiger partial charge in [0.1, 0.15) is 16.5 Å². The molecule has 2 fully saturated rings. The zero-order valence-electron chi connectivity index (χ0n) is 12.1. The summed E-state index contributed by atoms with van der Waals surface area (Å²) in [4.78, 5) is 13.2. The van der Waals surface area contributed by atoms with Crippen molar-refractivity contribution in [2.75, 3.05) is 18.0 Å². The Kier molecular flexibility index (Phi) is 2.95. The molecule has 0 aromatic carbocycles. The average Bonchev–Trinajstić information content (AvgIpc) is 3.20. The van der Waals surface area contributed by atoms with Gasteiger partial charge in [-0.15, -0.1) is 11.3 Å². The van der Waals surface area contributed by atoms with Crippen LogP contribution in [0.2, 0.25) is 0 Å². The normalized spacial score (nSPS) is 21.4. The van der Waals surface area contributed by atoms with E-state index < -0.39 is 0 Å². The van der Waals surface area contributed by atoms with Crippen LogP contribution in [0.1, 0.15) is 44.9 Å². The first-order valence-corrected chi connectivity index (χ1v) is 8.67. The Hall–Kier alpha value is -1.16. The molecular weight excluding hydrogens is 266 g/mol. The molecule has 0 unspecified atom stereocenters. The molecule has 0 radical (unpaired) electrons. The first-order chi connectivity index (χ1) is 9.80. The Morgan fingerprint density at radius 2 is 2.10 bits per heavy atom. The van der Waals surface area contributed by atoms with Crippen LogP contribution in [0.5, 0.6) is 0 Å². The minimum atomic E-state index is 0.597. The van der Waals surface area contributed by atoms with Crippen molar-refractivity contribution in [1.29, 1.82) is 0 Å². The average molecular weight is 287 g/mol. The zero-order valence-corrected chi connectivity index (χ0v) is 12.9. The molecule has 0 amide bonds. The fourth-order valence-electron chi connectivity index (χ4n) is 3.93. The van der Waals surface area contributed by atoms with E-state index in [4.69, 9.17) is 4.98 Å². The van der Waals surface area contributed by atoms with Crippen molar-refractivity contribution in [3.05, 3.63) is 17.3 Å². The summed E-state index contributed by atoms with van der Waals surface area (Å²) in [7, 11) is 0. The van der Waals surface area contributed by atoms with E-state index in [0.29, 0.717) is 5.41 Å². The van der Waals surface area contributed by atoms with E-state index in [0.717, 1.165) is 17.1 Å². The molecule has 3 nitrogen and oxygen atoms in total. The van der Waals surface area contributed by atoms with Gasteiger partial charge in [0, 0.05) is 19.5 Å². The van der Waals surface area contributed by atoms with Crippen LogP contribution in [0.3, 0.4) is 0 Å². The maximum atomic E-state index is 4.85. The number of aryl methyl sites for hydroxylation is 1. The van der Waals surface area contributed by atoms with Gasteiger partial charge in [-0.1, -0.05) is 19.8 Å². The van der Waals surface area contributed by atoms with Gasteiger partial charge in [-0.25, -0.2) is 9.97 Å². The molecule has 1 aliphatic carbocycles. The van der Waals surface area contributed by atoms with Crippen LogP contribution in [0.15, 0.2) is 11.4 Å². The van der Waals surface area contributed by atoms with Crippen LogP contribution in [0.25, 0.3) is 10.2 Å². The number of hydrogen-bond acceptors (Lipinski definition) is 4. The van der Waals surface area contributed by atoms with Crippen LogP contribution in [-0.4, -0.2) is 23.1 Å². The van der Waals surface area contributed by atoms with Crippen LogP contribution >= 0.6 is 11.3 Å². The van der Waals surface area contributed by atoms with E-state index in [2.05, 4.69) is 28.3 Å². The van der Waals surface area contributed by atoms with Crippen LogP contribution in [0.4, 0.5) is 5.82 Å². The first-order valence-electron chi connectivity index (χ1n) is 7.79. The highest BCUT2D eigenvalue weighted by Gasteiger charge is 2.41. The standard InChI is InChI=1S/C16H21N3S/c1-2-13-17-14(12-5-10-20-15(12)18-13)19-9-8-16(11-19)6-3-4-7-16/h5,10H,2-4,6-9,11H2,1H3. The summed E-state index contributed by atoms with van der Waals surface area (Å²) < 4.78 is 0. The summed E-state index contributed by atoms with van der Waals surface area (Å²) >= 11 is 1.74. The molecule has 0 atom stereocenters. The lowest BCUT2D eigenvalue weighted by molar-refractivity contribution is 0.340. The molecule has 3 heterocycles. The lowest BCUT2D eigenvalue weighted by atomic mass is 9.86. The number of hydrogen-bond donors (Lipinski definition) is 0. The smallest absolute Gasteiger partial charge is 0.141 e. The summed E-state index contributed by atoms with van der Waals surface area (Å²) in [6.07, 6.45) is 7.95. The molecule has 1 saturated heterocycles. The molecule has 106 valence electrons. The third-order valence-corrected chi connectivity index (χ3v) is 5.88. The number of rotatable bonds is 2. The summed E-state index contributed by atoms with van der Waals surface area (Å²) in [5.41, 5.74) is 0.597. The Bertz CT molecular complexity index is 628. The van der Waals surface area contributed by atoms with E-state index in [-0.39, 0.29) is 0 Å². The van der Waals surface area contributed by atoms with E-state index in [9.17, 15) is 0 Å². The topological polar surface area (TPSA) is 29.0 Å². The van der Waals surface area contributed by atoms with Crippen molar-refractivity contribution >= 4 is 27.4 Å². The molecule has 0 N–H and O–H groups in total. The van der Waals surface area contributed by atoms with Crippen molar-refractivity contribution in [1.82, 2.24) is 9.97 Å².